The van der Waals surface area contributed by atoms with Gasteiger partial charge in [0.15, 0.2) is 0 Å². The van der Waals surface area contributed by atoms with E-state index in [-0.39, 0.29) is 0 Å². The smallest absolute Gasteiger partial charge is 0.214 e. The van der Waals surface area contributed by atoms with Crippen LogP contribution in [0.1, 0.15) is 30.7 Å². The molecule has 0 radical (unpaired) electrons. The minimum absolute atomic E-state index is 1.01. The van der Waals surface area contributed by atoms with Crippen molar-refractivity contribution in [1.29, 1.82) is 0 Å². The van der Waals surface area contributed by atoms with Gasteiger partial charge in [0.2, 0.25) is 11.2 Å². The number of pyridine rings is 1. The number of benzene rings is 2. The first-order chi connectivity index (χ1) is 12.1. The lowest BCUT2D eigenvalue weighted by atomic mass is 10.1. The highest BCUT2D eigenvalue weighted by Gasteiger charge is 2.17. The van der Waals surface area contributed by atoms with Crippen LogP contribution in [-0.2, 0) is 7.05 Å². The van der Waals surface area contributed by atoms with Gasteiger partial charge in [-0.1, -0.05) is 42.0 Å². The van der Waals surface area contributed by atoms with E-state index in [4.69, 9.17) is 0 Å². The van der Waals surface area contributed by atoms with Crippen LogP contribution in [0.5, 0.6) is 0 Å². The molecule has 3 rings (SSSR count). The average molecular weight is 331 g/mol. The van der Waals surface area contributed by atoms with E-state index >= 15 is 0 Å². The molecule has 0 saturated carbocycles. The maximum Gasteiger partial charge on any atom is 0.214 e. The Balaban J connectivity index is 2.11. The summed E-state index contributed by atoms with van der Waals surface area (Å²) in [5.41, 5.74) is 6.29. The van der Waals surface area contributed by atoms with Gasteiger partial charge in [0.1, 0.15) is 7.05 Å². The number of nitrogens with zero attached hydrogens (tertiary/aromatic N) is 2. The molecule has 2 aromatic carbocycles. The fraction of sp³-hybridized carbons (Fsp3) is 0.261. The largest absolute Gasteiger partial charge is 0.371 e. The molecular weight excluding hydrogens is 304 g/mol. The van der Waals surface area contributed by atoms with Crippen molar-refractivity contribution < 1.29 is 4.57 Å². The van der Waals surface area contributed by atoms with Gasteiger partial charge >= 0.3 is 0 Å². The summed E-state index contributed by atoms with van der Waals surface area (Å²) >= 11 is 0. The molecule has 0 saturated heterocycles. The Morgan fingerprint density at radius 1 is 0.920 bits per heavy atom. The molecule has 0 bridgehead atoms. The van der Waals surface area contributed by atoms with E-state index in [1.54, 1.807) is 0 Å². The average Bonchev–Trinajstić information content (AvgIpc) is 2.65. The van der Waals surface area contributed by atoms with E-state index in [0.29, 0.717) is 0 Å². The zero-order chi connectivity index (χ0) is 17.8. The van der Waals surface area contributed by atoms with Gasteiger partial charge in [0.25, 0.3) is 0 Å². The molecule has 2 nitrogen and oxygen atoms in total. The summed E-state index contributed by atoms with van der Waals surface area (Å²) in [4.78, 5) is 2.42. The zero-order valence-corrected chi connectivity index (χ0v) is 15.7. The van der Waals surface area contributed by atoms with E-state index in [1.165, 1.54) is 33.4 Å². The highest BCUT2D eigenvalue weighted by Crippen LogP contribution is 2.26. The van der Waals surface area contributed by atoms with E-state index in [2.05, 4.69) is 104 Å². The van der Waals surface area contributed by atoms with Gasteiger partial charge in [-0.25, -0.2) is 0 Å². The number of hydrogen-bond acceptors (Lipinski definition) is 1. The van der Waals surface area contributed by atoms with Gasteiger partial charge < -0.3 is 4.90 Å². The fourth-order valence-electron chi connectivity index (χ4n) is 3.28. The summed E-state index contributed by atoms with van der Waals surface area (Å²) in [5.74, 6) is 0. The second-order valence-corrected chi connectivity index (χ2v) is 6.45. The Morgan fingerprint density at radius 2 is 1.60 bits per heavy atom. The molecule has 0 N–H and O–H groups in total. The lowest BCUT2D eigenvalue weighted by Gasteiger charge is -2.22. The van der Waals surface area contributed by atoms with Gasteiger partial charge in [0.05, 0.1) is 11.1 Å². The third-order valence-corrected chi connectivity index (χ3v) is 4.84. The van der Waals surface area contributed by atoms with Gasteiger partial charge in [-0.15, -0.1) is 0 Å². The highest BCUT2D eigenvalue weighted by atomic mass is 15.1. The maximum absolute atomic E-state index is 2.42. The van der Waals surface area contributed by atoms with Crippen LogP contribution in [0.4, 0.5) is 5.69 Å². The van der Waals surface area contributed by atoms with Crippen LogP contribution in [0.3, 0.4) is 0 Å². The molecule has 0 aliphatic carbocycles. The molecular formula is C23H27N2+. The summed E-state index contributed by atoms with van der Waals surface area (Å²) in [6, 6.07) is 19.6. The number of anilines is 1. The molecule has 25 heavy (non-hydrogen) atoms. The minimum atomic E-state index is 1.01. The third-order valence-electron chi connectivity index (χ3n) is 4.84. The van der Waals surface area contributed by atoms with Crippen molar-refractivity contribution in [2.75, 3.05) is 18.0 Å². The van der Waals surface area contributed by atoms with Crippen LogP contribution in [0.15, 0.2) is 54.6 Å². The zero-order valence-electron chi connectivity index (χ0n) is 15.7. The van der Waals surface area contributed by atoms with Gasteiger partial charge in [-0.3, -0.25) is 0 Å². The molecule has 1 heterocycles. The Bertz CT molecular complexity index is 888. The molecule has 0 aliphatic rings. The Morgan fingerprint density at radius 3 is 2.28 bits per heavy atom. The van der Waals surface area contributed by atoms with E-state index in [0.717, 1.165) is 13.1 Å². The van der Waals surface area contributed by atoms with Crippen LogP contribution in [0, 0.1) is 6.92 Å². The minimum Gasteiger partial charge on any atom is -0.371 e. The number of fused-ring (bicyclic) bond motifs is 1. The molecule has 1 aromatic heterocycles. The van der Waals surface area contributed by atoms with Crippen molar-refractivity contribution in [2.45, 2.75) is 20.8 Å². The highest BCUT2D eigenvalue weighted by molar-refractivity contribution is 5.91. The Labute approximate surface area is 151 Å². The van der Waals surface area contributed by atoms with Crippen molar-refractivity contribution >= 4 is 28.7 Å². The van der Waals surface area contributed by atoms with E-state index in [9.17, 15) is 0 Å². The first-order valence-electron chi connectivity index (χ1n) is 9.05. The number of aromatic nitrogens is 1. The summed E-state index contributed by atoms with van der Waals surface area (Å²) < 4.78 is 2.27. The first kappa shape index (κ1) is 17.2. The standard InChI is InChI=1S/C23H27N2/c1-5-25(6-2)23-17-20(16-15-19-13-11-18(3)12-14-19)24(4)22-10-8-7-9-21(22)23/h7-17H,5-6H2,1-4H3/q+1/b16-15+. The maximum atomic E-state index is 2.42. The summed E-state index contributed by atoms with van der Waals surface area (Å²) in [5, 5.41) is 1.31. The normalized spacial score (nSPS) is 11.4. The predicted octanol–water partition coefficient (Wildman–Crippen LogP) is 4.99. The predicted molar refractivity (Wildman–Crippen MR) is 109 cm³/mol. The van der Waals surface area contributed by atoms with Gasteiger partial charge in [-0.2, -0.15) is 4.57 Å². The number of rotatable bonds is 5. The lowest BCUT2D eigenvalue weighted by molar-refractivity contribution is -0.646. The van der Waals surface area contributed by atoms with E-state index < -0.39 is 0 Å². The monoisotopic (exact) mass is 331 g/mol. The molecule has 128 valence electrons. The summed E-state index contributed by atoms with van der Waals surface area (Å²) in [6.45, 7) is 8.57. The SMILES string of the molecule is CCN(CC)c1cc(/C=C/c2ccc(C)cc2)[n+](C)c2ccccc12. The van der Waals surface area contributed by atoms with E-state index in [1.807, 2.05) is 0 Å². The van der Waals surface area contributed by atoms with Gasteiger partial charge in [0, 0.05) is 31.3 Å². The Kier molecular flexibility index (Phi) is 5.18. The van der Waals surface area contributed by atoms with Crippen LogP contribution in [-0.4, -0.2) is 13.1 Å². The lowest BCUT2D eigenvalue weighted by Crippen LogP contribution is -2.34. The van der Waals surface area contributed by atoms with Crippen molar-refractivity contribution in [3.63, 3.8) is 0 Å². The third kappa shape index (κ3) is 3.58. The topological polar surface area (TPSA) is 7.12 Å². The number of aryl methyl sites for hydroxylation is 2. The molecule has 3 aromatic rings. The Hall–Kier alpha value is -2.61. The summed E-state index contributed by atoms with van der Waals surface area (Å²) in [6.07, 6.45) is 4.40. The van der Waals surface area contributed by atoms with Gasteiger partial charge in [-0.05, 0) is 38.5 Å². The molecule has 0 aliphatic heterocycles. The fourth-order valence-corrected chi connectivity index (χ4v) is 3.28. The van der Waals surface area contributed by atoms with Crippen molar-refractivity contribution in [3.8, 4) is 0 Å². The molecule has 0 unspecified atom stereocenters. The number of para-hydroxylation sites is 1. The van der Waals surface area contributed by atoms with Crippen LogP contribution < -0.4 is 9.47 Å². The summed E-state index contributed by atoms with van der Waals surface area (Å²) in [7, 11) is 2.14. The number of hydrogen-bond donors (Lipinski definition) is 0. The second-order valence-electron chi connectivity index (χ2n) is 6.45. The van der Waals surface area contributed by atoms with Crippen LogP contribution in [0.25, 0.3) is 23.1 Å². The quantitative estimate of drug-likeness (QED) is 0.597. The van der Waals surface area contributed by atoms with Crippen molar-refractivity contribution in [1.82, 2.24) is 0 Å². The van der Waals surface area contributed by atoms with Crippen molar-refractivity contribution in [3.05, 3.63) is 71.4 Å². The van der Waals surface area contributed by atoms with Crippen molar-refractivity contribution in [2.24, 2.45) is 7.05 Å². The van der Waals surface area contributed by atoms with Crippen LogP contribution in [0.2, 0.25) is 0 Å². The first-order valence-corrected chi connectivity index (χ1v) is 9.05. The second kappa shape index (κ2) is 7.52. The van der Waals surface area contributed by atoms with Crippen LogP contribution >= 0.6 is 0 Å². The molecule has 0 amide bonds. The molecule has 0 fully saturated rings. The molecule has 0 atom stereocenters. The molecule has 0 spiro atoms. The molecule has 2 heteroatoms.